The van der Waals surface area contributed by atoms with E-state index in [0.717, 1.165) is 49.2 Å². The van der Waals surface area contributed by atoms with Crippen LogP contribution in [-0.2, 0) is 11.2 Å². The number of nitrogens with two attached hydrogens (primary N) is 1. The molecule has 6 aromatic rings. The summed E-state index contributed by atoms with van der Waals surface area (Å²) in [7, 11) is 0. The first-order valence-corrected chi connectivity index (χ1v) is 14.6. The lowest BCUT2D eigenvalue weighted by molar-refractivity contribution is -0.117. The number of imidazole rings is 1. The van der Waals surface area contributed by atoms with Crippen molar-refractivity contribution in [2.45, 2.75) is 19.4 Å². The first-order chi connectivity index (χ1) is 20.5. The van der Waals surface area contributed by atoms with Crippen LogP contribution < -0.4 is 10.5 Å². The molecule has 6 rings (SSSR count). The number of aromatic nitrogens is 2. The summed E-state index contributed by atoms with van der Waals surface area (Å²) in [4.78, 5) is 23.3. The Balaban J connectivity index is 1.40. The molecule has 0 fully saturated rings. The number of primary amides is 1. The van der Waals surface area contributed by atoms with Gasteiger partial charge in [0.1, 0.15) is 17.5 Å². The van der Waals surface area contributed by atoms with Crippen molar-refractivity contribution in [3.8, 4) is 16.3 Å². The van der Waals surface area contributed by atoms with Crippen LogP contribution >= 0.6 is 22.9 Å². The van der Waals surface area contributed by atoms with Crippen LogP contribution in [0.15, 0.2) is 121 Å². The van der Waals surface area contributed by atoms with Gasteiger partial charge in [-0.1, -0.05) is 90.5 Å². The number of benzene rings is 3. The van der Waals surface area contributed by atoms with E-state index in [0.29, 0.717) is 10.8 Å². The molecule has 0 saturated carbocycles. The maximum absolute atomic E-state index is 11.9. The zero-order valence-electron chi connectivity index (χ0n) is 22.8. The van der Waals surface area contributed by atoms with Gasteiger partial charge < -0.3 is 10.5 Å². The quantitative estimate of drug-likeness (QED) is 0.173. The highest BCUT2D eigenvalue weighted by atomic mass is 35.5. The van der Waals surface area contributed by atoms with Crippen LogP contribution in [-0.4, -0.2) is 21.0 Å². The SMILES string of the molecule is C[C@@H](Oc1cc(-c2cnc3ccc(N=C(c4ccccc4)c4ccccc4)cn23)sc1CC(N)=O)c1ccccc1Cl. The molecule has 208 valence electrons. The van der Waals surface area contributed by atoms with Crippen molar-refractivity contribution < 1.29 is 9.53 Å². The predicted octanol–water partition coefficient (Wildman–Crippen LogP) is 8.05. The zero-order valence-corrected chi connectivity index (χ0v) is 24.3. The number of nitrogens with zero attached hydrogens (tertiary/aromatic N) is 3. The van der Waals surface area contributed by atoms with E-state index in [-0.39, 0.29) is 12.5 Å². The second-order valence-corrected chi connectivity index (χ2v) is 11.3. The fourth-order valence-corrected chi connectivity index (χ4v) is 6.21. The molecule has 2 N–H and O–H groups in total. The normalized spacial score (nSPS) is 11.8. The van der Waals surface area contributed by atoms with Gasteiger partial charge in [0.25, 0.3) is 0 Å². The lowest BCUT2D eigenvalue weighted by atomic mass is 10.0. The van der Waals surface area contributed by atoms with Crippen molar-refractivity contribution in [1.82, 2.24) is 9.38 Å². The van der Waals surface area contributed by atoms with Gasteiger partial charge in [-0.15, -0.1) is 11.3 Å². The smallest absolute Gasteiger partial charge is 0.222 e. The highest BCUT2D eigenvalue weighted by Gasteiger charge is 2.20. The van der Waals surface area contributed by atoms with Crippen LogP contribution in [0.5, 0.6) is 5.75 Å². The summed E-state index contributed by atoms with van der Waals surface area (Å²) in [6.45, 7) is 1.93. The van der Waals surface area contributed by atoms with Gasteiger partial charge in [0.2, 0.25) is 5.91 Å². The molecule has 0 spiro atoms. The molecule has 1 atom stereocenters. The van der Waals surface area contributed by atoms with Gasteiger partial charge in [-0.25, -0.2) is 9.98 Å². The van der Waals surface area contributed by atoms with Crippen molar-refractivity contribution in [3.05, 3.63) is 142 Å². The fraction of sp³-hybridized carbons (Fsp3) is 0.0882. The van der Waals surface area contributed by atoms with Crippen LogP contribution in [0.3, 0.4) is 0 Å². The van der Waals surface area contributed by atoms with Gasteiger partial charge in [0.05, 0.1) is 39.5 Å². The first-order valence-electron chi connectivity index (χ1n) is 13.5. The van der Waals surface area contributed by atoms with Gasteiger partial charge in [0.15, 0.2) is 0 Å². The Morgan fingerprint density at radius 1 is 0.976 bits per heavy atom. The van der Waals surface area contributed by atoms with Crippen molar-refractivity contribution in [1.29, 1.82) is 0 Å². The molecule has 3 heterocycles. The number of carbonyl (C=O) groups excluding carboxylic acids is 1. The maximum Gasteiger partial charge on any atom is 0.222 e. The number of hydrogen-bond donors (Lipinski definition) is 1. The van der Waals surface area contributed by atoms with E-state index >= 15 is 0 Å². The maximum atomic E-state index is 11.9. The third-order valence-electron chi connectivity index (χ3n) is 6.83. The second-order valence-electron chi connectivity index (χ2n) is 9.77. The van der Waals surface area contributed by atoms with E-state index in [9.17, 15) is 4.79 Å². The number of fused-ring (bicyclic) bond motifs is 1. The predicted molar refractivity (Wildman–Crippen MR) is 170 cm³/mol. The lowest BCUT2D eigenvalue weighted by Gasteiger charge is -2.16. The van der Waals surface area contributed by atoms with E-state index < -0.39 is 5.91 Å². The Labute approximate surface area is 252 Å². The van der Waals surface area contributed by atoms with Crippen LogP contribution in [0.4, 0.5) is 5.69 Å². The van der Waals surface area contributed by atoms with Crippen LogP contribution in [0.25, 0.3) is 16.2 Å². The third-order valence-corrected chi connectivity index (χ3v) is 8.31. The molecule has 0 aliphatic heterocycles. The lowest BCUT2D eigenvalue weighted by Crippen LogP contribution is -2.13. The summed E-state index contributed by atoms with van der Waals surface area (Å²) >= 11 is 7.88. The fourth-order valence-electron chi connectivity index (χ4n) is 4.81. The molecule has 0 radical (unpaired) electrons. The number of pyridine rings is 1. The molecule has 0 bridgehead atoms. The molecule has 6 nitrogen and oxygen atoms in total. The number of thiophene rings is 1. The number of halogens is 1. The Kier molecular flexibility index (Phi) is 7.86. The molecule has 3 aromatic carbocycles. The van der Waals surface area contributed by atoms with Gasteiger partial charge in [-0.05, 0) is 25.1 Å². The number of rotatable bonds is 9. The molecule has 0 aliphatic rings. The monoisotopic (exact) mass is 590 g/mol. The van der Waals surface area contributed by atoms with Crippen LogP contribution in [0.2, 0.25) is 5.02 Å². The summed E-state index contributed by atoms with van der Waals surface area (Å²) in [6, 6.07) is 33.7. The molecule has 3 aromatic heterocycles. The van der Waals surface area contributed by atoms with Gasteiger partial charge in [-0.2, -0.15) is 0 Å². The average molecular weight is 591 g/mol. The van der Waals surface area contributed by atoms with Crippen molar-refractivity contribution in [2.24, 2.45) is 10.7 Å². The molecule has 0 saturated heterocycles. The van der Waals surface area contributed by atoms with Gasteiger partial charge >= 0.3 is 0 Å². The molecule has 0 unspecified atom stereocenters. The van der Waals surface area contributed by atoms with Gasteiger partial charge in [0, 0.05) is 34.0 Å². The highest BCUT2D eigenvalue weighted by Crippen LogP contribution is 2.40. The first kappa shape index (κ1) is 27.4. The molecule has 1 amide bonds. The second kappa shape index (κ2) is 12.0. The largest absolute Gasteiger partial charge is 0.485 e. The van der Waals surface area contributed by atoms with Crippen LogP contribution in [0, 0.1) is 0 Å². The topological polar surface area (TPSA) is 82.0 Å². The summed E-state index contributed by atoms with van der Waals surface area (Å²) in [5.41, 5.74) is 11.8. The Hall–Kier alpha value is -4.72. The third kappa shape index (κ3) is 5.84. The van der Waals surface area contributed by atoms with E-state index in [1.54, 1.807) is 0 Å². The van der Waals surface area contributed by atoms with E-state index in [4.69, 9.17) is 27.1 Å². The summed E-state index contributed by atoms with van der Waals surface area (Å²) < 4.78 is 8.35. The molecule has 42 heavy (non-hydrogen) atoms. The van der Waals surface area contributed by atoms with Crippen LogP contribution in [0.1, 0.15) is 34.6 Å². The summed E-state index contributed by atoms with van der Waals surface area (Å²) in [5, 5.41) is 0.622. The van der Waals surface area contributed by atoms with E-state index in [2.05, 4.69) is 29.2 Å². The highest BCUT2D eigenvalue weighted by molar-refractivity contribution is 7.15. The number of hydrogen-bond acceptors (Lipinski definition) is 5. The molecular formula is C34H27ClN4O2S. The molecular weight excluding hydrogens is 564 g/mol. The number of aliphatic imine (C=N–C) groups is 1. The number of amides is 1. The summed E-state index contributed by atoms with van der Waals surface area (Å²) in [5.74, 6) is 0.170. The average Bonchev–Trinajstić information content (AvgIpc) is 3.60. The Morgan fingerprint density at radius 3 is 2.31 bits per heavy atom. The van der Waals surface area contributed by atoms with Crippen molar-refractivity contribution >= 4 is 45.9 Å². The van der Waals surface area contributed by atoms with E-state index in [1.165, 1.54) is 11.3 Å². The minimum absolute atomic E-state index is 0.0685. The zero-order chi connectivity index (χ0) is 29.1. The molecule has 0 aliphatic carbocycles. The minimum atomic E-state index is -0.428. The van der Waals surface area contributed by atoms with Gasteiger partial charge in [-0.3, -0.25) is 9.20 Å². The number of ether oxygens (including phenoxy) is 1. The Bertz CT molecular complexity index is 1860. The molecule has 8 heteroatoms. The van der Waals surface area contributed by atoms with Crippen molar-refractivity contribution in [3.63, 3.8) is 0 Å². The van der Waals surface area contributed by atoms with Crippen molar-refractivity contribution in [2.75, 3.05) is 0 Å². The standard InChI is InChI=1S/C34H27ClN4O2S/c1-22(26-14-8-9-15-27(26)35)41-29-18-30(42-31(29)19-32(36)40)28-20-37-33-17-16-25(21-39(28)33)38-34(23-10-4-2-5-11-23)24-12-6-3-7-13-24/h2-18,20-22H,19H2,1H3,(H2,36,40)/t22-/m1/s1. The van der Waals surface area contributed by atoms with E-state index in [1.807, 2.05) is 103 Å². The Morgan fingerprint density at radius 2 is 1.64 bits per heavy atom. The minimum Gasteiger partial charge on any atom is -0.485 e. The summed E-state index contributed by atoms with van der Waals surface area (Å²) in [6.07, 6.45) is 3.53. The number of carbonyl (C=O) groups is 1.